The minimum atomic E-state index is -0.599. The molecular formula is C34H36F2N6O2. The number of ether oxygens (including phenoxy) is 1. The molecule has 2 bridgehead atoms. The molecule has 0 spiro atoms. The van der Waals surface area contributed by atoms with Gasteiger partial charge in [0.05, 0.1) is 11.6 Å². The van der Waals surface area contributed by atoms with Crippen molar-refractivity contribution in [2.24, 2.45) is 0 Å². The van der Waals surface area contributed by atoms with E-state index in [1.165, 1.54) is 24.3 Å². The summed E-state index contributed by atoms with van der Waals surface area (Å²) >= 11 is 0. The number of fused-ring (bicyclic) bond motifs is 4. The summed E-state index contributed by atoms with van der Waals surface area (Å²) in [6, 6.07) is 6.49. The van der Waals surface area contributed by atoms with Gasteiger partial charge in [-0.05, 0) is 57.4 Å². The Morgan fingerprint density at radius 2 is 1.86 bits per heavy atom. The molecule has 10 heteroatoms. The highest BCUT2D eigenvalue weighted by molar-refractivity contribution is 6.04. The van der Waals surface area contributed by atoms with Crippen molar-refractivity contribution in [1.29, 1.82) is 0 Å². The average Bonchev–Trinajstić information content (AvgIpc) is 3.35. The number of nitrogens with zero attached hydrogens (tertiary/aromatic N) is 5. The van der Waals surface area contributed by atoms with Crippen molar-refractivity contribution < 1.29 is 18.6 Å². The highest BCUT2D eigenvalue weighted by Gasteiger charge is 2.35. The second-order valence-electron chi connectivity index (χ2n) is 12.5. The van der Waals surface area contributed by atoms with Crippen LogP contribution in [0.1, 0.15) is 24.0 Å². The number of rotatable bonds is 5. The Morgan fingerprint density at radius 3 is 2.61 bits per heavy atom. The zero-order chi connectivity index (χ0) is 30.7. The third-order valence-electron chi connectivity index (χ3n) is 9.52. The van der Waals surface area contributed by atoms with Crippen LogP contribution in [0, 0.1) is 30.9 Å². The number of nitrogens with one attached hydrogen (secondary N) is 1. The lowest BCUT2D eigenvalue weighted by atomic mass is 9.95. The van der Waals surface area contributed by atoms with Crippen molar-refractivity contribution in [2.75, 3.05) is 58.3 Å². The molecule has 2 unspecified atom stereocenters. The Labute approximate surface area is 255 Å². The SMILES string of the molecule is C#Cc1c(F)ccc2cc(O)cc(-c3ncc4c(N5CC6CCC(C5)N6)nc(OC[C@@H]5CN(C)CCN5C)c(C)c4c3F)c12. The summed E-state index contributed by atoms with van der Waals surface area (Å²) in [4.78, 5) is 16.4. The van der Waals surface area contributed by atoms with Gasteiger partial charge in [-0.2, -0.15) is 4.98 Å². The first-order chi connectivity index (χ1) is 21.2. The van der Waals surface area contributed by atoms with E-state index in [4.69, 9.17) is 16.1 Å². The maximum Gasteiger partial charge on any atom is 0.219 e. The Bertz CT molecular complexity index is 1810. The molecule has 3 aliphatic rings. The van der Waals surface area contributed by atoms with Crippen LogP contribution in [0.3, 0.4) is 0 Å². The molecule has 7 rings (SSSR count). The number of phenolic OH excluding ortho intramolecular Hbond substituents is 1. The zero-order valence-electron chi connectivity index (χ0n) is 25.2. The molecule has 2 N–H and O–H groups in total. The molecule has 3 fully saturated rings. The maximum absolute atomic E-state index is 17.0. The van der Waals surface area contributed by atoms with Crippen molar-refractivity contribution in [3.63, 3.8) is 0 Å². The van der Waals surface area contributed by atoms with E-state index in [2.05, 4.69) is 45.0 Å². The molecule has 0 saturated carbocycles. The summed E-state index contributed by atoms with van der Waals surface area (Å²) in [6.45, 7) is 6.51. The first-order valence-electron chi connectivity index (χ1n) is 15.2. The molecule has 3 atom stereocenters. The standard InChI is InChI=1S/C34H36F2N6O2/c1-5-25-28(35)9-6-20-12-24(43)13-26(30(20)25)32-31(36)29-19(2)34(44-18-23-17-40(3)10-11-41(23)4)39-33(27(29)14-37-32)42-15-21-7-8-22(16-42)38-21/h1,6,9,12-14,21-23,38,43H,7-8,10-11,15-18H2,2-4H3/t21?,22?,23-/m0/s1. The van der Waals surface area contributed by atoms with Crippen molar-refractivity contribution in [3.8, 4) is 35.2 Å². The number of halogens is 2. The van der Waals surface area contributed by atoms with Gasteiger partial charge in [0.1, 0.15) is 29.7 Å². The second-order valence-corrected chi connectivity index (χ2v) is 12.5. The quantitative estimate of drug-likeness (QED) is 0.330. The van der Waals surface area contributed by atoms with Gasteiger partial charge < -0.3 is 25.0 Å². The number of likely N-dealkylation sites (N-methyl/N-ethyl adjacent to an activating group) is 2. The van der Waals surface area contributed by atoms with Gasteiger partial charge >= 0.3 is 0 Å². The van der Waals surface area contributed by atoms with Crippen LogP contribution < -0.4 is 15.0 Å². The van der Waals surface area contributed by atoms with Gasteiger partial charge in [0.2, 0.25) is 5.88 Å². The van der Waals surface area contributed by atoms with Crippen molar-refractivity contribution >= 4 is 27.4 Å². The first-order valence-corrected chi connectivity index (χ1v) is 15.2. The van der Waals surface area contributed by atoms with Gasteiger partial charge in [0.15, 0.2) is 5.82 Å². The van der Waals surface area contributed by atoms with Gasteiger partial charge in [-0.15, -0.1) is 6.42 Å². The van der Waals surface area contributed by atoms with Gasteiger partial charge in [-0.3, -0.25) is 9.88 Å². The minimum Gasteiger partial charge on any atom is -0.508 e. The molecule has 3 saturated heterocycles. The van der Waals surface area contributed by atoms with Gasteiger partial charge in [-0.25, -0.2) is 8.78 Å². The smallest absolute Gasteiger partial charge is 0.219 e. The number of aromatic hydroxyl groups is 1. The molecule has 4 aromatic rings. The van der Waals surface area contributed by atoms with Crippen LogP contribution in [-0.2, 0) is 0 Å². The van der Waals surface area contributed by atoms with E-state index < -0.39 is 11.6 Å². The molecule has 8 nitrogen and oxygen atoms in total. The molecule has 0 aliphatic carbocycles. The van der Waals surface area contributed by atoms with E-state index >= 15 is 4.39 Å². The number of hydrogen-bond acceptors (Lipinski definition) is 8. The lowest BCUT2D eigenvalue weighted by Gasteiger charge is -2.37. The van der Waals surface area contributed by atoms with Gasteiger partial charge in [0, 0.05) is 78.3 Å². The van der Waals surface area contributed by atoms with Gasteiger partial charge in [0.25, 0.3) is 0 Å². The summed E-state index contributed by atoms with van der Waals surface area (Å²) < 4.78 is 38.3. The van der Waals surface area contributed by atoms with Crippen LogP contribution in [0.15, 0.2) is 30.5 Å². The number of hydrogen-bond donors (Lipinski definition) is 2. The molecular weight excluding hydrogens is 562 g/mol. The van der Waals surface area contributed by atoms with Crippen LogP contribution in [-0.4, -0.2) is 96.4 Å². The number of aromatic nitrogens is 2. The summed E-state index contributed by atoms with van der Waals surface area (Å²) in [5.41, 5.74) is 0.746. The highest BCUT2D eigenvalue weighted by Crippen LogP contribution is 2.41. The number of pyridine rings is 2. The highest BCUT2D eigenvalue weighted by atomic mass is 19.1. The van der Waals surface area contributed by atoms with E-state index in [0.29, 0.717) is 57.5 Å². The lowest BCUT2D eigenvalue weighted by Crippen LogP contribution is -2.52. The normalized spacial score (nSPS) is 22.5. The van der Waals surface area contributed by atoms with Crippen molar-refractivity contribution in [2.45, 2.75) is 37.9 Å². The number of anilines is 1. The summed E-state index contributed by atoms with van der Waals surface area (Å²) in [5.74, 6) is 2.14. The Hall–Kier alpha value is -4.04. The molecule has 2 aromatic heterocycles. The number of benzene rings is 2. The van der Waals surface area contributed by atoms with E-state index in [1.54, 1.807) is 6.20 Å². The van der Waals surface area contributed by atoms with E-state index in [0.717, 1.165) is 45.6 Å². The zero-order valence-corrected chi connectivity index (χ0v) is 25.2. The third-order valence-corrected chi connectivity index (χ3v) is 9.52. The van der Waals surface area contributed by atoms with E-state index in [-0.39, 0.29) is 28.6 Å². The Balaban J connectivity index is 1.40. The number of terminal acetylenes is 1. The molecule has 0 radical (unpaired) electrons. The fraction of sp³-hybridized carbons (Fsp3) is 0.412. The predicted molar refractivity (Wildman–Crippen MR) is 168 cm³/mol. The van der Waals surface area contributed by atoms with Crippen LogP contribution in [0.5, 0.6) is 11.6 Å². The van der Waals surface area contributed by atoms with Crippen molar-refractivity contribution in [1.82, 2.24) is 25.1 Å². The summed E-state index contributed by atoms with van der Waals surface area (Å²) in [5, 5.41) is 15.9. The van der Waals surface area contributed by atoms with Crippen LogP contribution >= 0.6 is 0 Å². The second kappa shape index (κ2) is 11.1. The molecule has 0 amide bonds. The molecule has 3 aliphatic heterocycles. The first kappa shape index (κ1) is 28.7. The third kappa shape index (κ3) is 4.89. The molecule has 5 heterocycles. The van der Waals surface area contributed by atoms with Crippen molar-refractivity contribution in [3.05, 3.63) is 53.2 Å². The van der Waals surface area contributed by atoms with E-state index in [1.807, 2.05) is 6.92 Å². The maximum atomic E-state index is 17.0. The van der Waals surface area contributed by atoms with Gasteiger partial charge in [-0.1, -0.05) is 12.0 Å². The lowest BCUT2D eigenvalue weighted by molar-refractivity contribution is 0.0765. The van der Waals surface area contributed by atoms with Crippen LogP contribution in [0.25, 0.3) is 32.8 Å². The minimum absolute atomic E-state index is 0.00665. The number of aryl methyl sites for hydroxylation is 1. The monoisotopic (exact) mass is 598 g/mol. The Kier molecular flexibility index (Phi) is 7.28. The summed E-state index contributed by atoms with van der Waals surface area (Å²) in [6.07, 6.45) is 9.52. The number of piperazine rings is 2. The van der Waals surface area contributed by atoms with Crippen LogP contribution in [0.2, 0.25) is 0 Å². The fourth-order valence-corrected chi connectivity index (χ4v) is 7.12. The Morgan fingerprint density at radius 1 is 1.09 bits per heavy atom. The molecule has 44 heavy (non-hydrogen) atoms. The van der Waals surface area contributed by atoms with Crippen LogP contribution in [0.4, 0.5) is 14.6 Å². The predicted octanol–water partition coefficient (Wildman–Crippen LogP) is 4.29. The van der Waals surface area contributed by atoms with E-state index in [9.17, 15) is 9.50 Å². The molecule has 228 valence electrons. The average molecular weight is 599 g/mol. The molecule has 2 aromatic carbocycles. The summed E-state index contributed by atoms with van der Waals surface area (Å²) in [7, 11) is 4.19. The topological polar surface area (TPSA) is 77.0 Å². The number of phenols is 1. The fourth-order valence-electron chi connectivity index (χ4n) is 7.12. The largest absolute Gasteiger partial charge is 0.508 e.